The van der Waals surface area contributed by atoms with Gasteiger partial charge < -0.3 is 5.32 Å². The number of nitrogens with one attached hydrogen (secondary N) is 1. The Morgan fingerprint density at radius 2 is 1.81 bits per heavy atom. The first-order valence-corrected chi connectivity index (χ1v) is 8.10. The Kier molecular flexibility index (Phi) is 3.26. The molecule has 2 fully saturated rings. The molecule has 2 heteroatoms. The fraction of sp³-hybridized carbons (Fsp3) is 0.571. The van der Waals surface area contributed by atoms with Crippen molar-refractivity contribution < 1.29 is 0 Å². The van der Waals surface area contributed by atoms with Crippen molar-refractivity contribution in [2.45, 2.75) is 31.5 Å². The first-order valence-electron chi connectivity index (χ1n) is 6.50. The van der Waals surface area contributed by atoms with Crippen molar-refractivity contribution in [3.63, 3.8) is 0 Å². The average Bonchev–Trinajstić information content (AvgIpc) is 3.01. The monoisotopic (exact) mass is 233 g/mol. The SMILES string of the molecule is c1ccc(P2CCNC2C2CCCC2)cc1. The second kappa shape index (κ2) is 4.85. The van der Waals surface area contributed by atoms with Gasteiger partial charge in [0.15, 0.2) is 0 Å². The summed E-state index contributed by atoms with van der Waals surface area (Å²) in [7, 11) is 0.0742. The molecular formula is C14H20NP. The summed E-state index contributed by atoms with van der Waals surface area (Å²) in [5.74, 6) is 1.79. The van der Waals surface area contributed by atoms with E-state index in [1.807, 2.05) is 0 Å². The van der Waals surface area contributed by atoms with Gasteiger partial charge >= 0.3 is 0 Å². The van der Waals surface area contributed by atoms with E-state index < -0.39 is 0 Å². The first kappa shape index (κ1) is 10.7. The molecule has 2 atom stereocenters. The normalized spacial score (nSPS) is 31.0. The highest BCUT2D eigenvalue weighted by Crippen LogP contribution is 2.49. The molecule has 1 saturated carbocycles. The number of benzene rings is 1. The molecule has 16 heavy (non-hydrogen) atoms. The quantitative estimate of drug-likeness (QED) is 0.774. The molecule has 1 nitrogen and oxygen atoms in total. The van der Waals surface area contributed by atoms with Crippen LogP contribution in [0.4, 0.5) is 0 Å². The third kappa shape index (κ3) is 2.04. The van der Waals surface area contributed by atoms with Crippen LogP contribution in [0.25, 0.3) is 0 Å². The Balaban J connectivity index is 1.78. The van der Waals surface area contributed by atoms with Crippen LogP contribution in [0.5, 0.6) is 0 Å². The van der Waals surface area contributed by atoms with E-state index in [0.29, 0.717) is 0 Å². The summed E-state index contributed by atoms with van der Waals surface area (Å²) >= 11 is 0. The molecule has 0 aromatic heterocycles. The predicted octanol–water partition coefficient (Wildman–Crippen LogP) is 2.91. The average molecular weight is 233 g/mol. The van der Waals surface area contributed by atoms with Crippen molar-refractivity contribution in [3.05, 3.63) is 30.3 Å². The molecule has 2 aliphatic rings. The lowest BCUT2D eigenvalue weighted by Gasteiger charge is -2.26. The van der Waals surface area contributed by atoms with E-state index >= 15 is 0 Å². The molecule has 1 heterocycles. The molecule has 1 aliphatic carbocycles. The van der Waals surface area contributed by atoms with Crippen LogP contribution < -0.4 is 10.6 Å². The maximum atomic E-state index is 3.78. The van der Waals surface area contributed by atoms with Gasteiger partial charge in [0.1, 0.15) is 0 Å². The van der Waals surface area contributed by atoms with Crippen LogP contribution in [-0.2, 0) is 0 Å². The maximum absolute atomic E-state index is 3.78. The molecule has 1 aliphatic heterocycles. The molecule has 0 spiro atoms. The molecule has 1 aromatic carbocycles. The molecule has 2 unspecified atom stereocenters. The molecule has 3 rings (SSSR count). The third-order valence-corrected chi connectivity index (χ3v) is 6.92. The fourth-order valence-corrected chi connectivity index (χ4v) is 6.12. The minimum Gasteiger partial charge on any atom is -0.309 e. The highest BCUT2D eigenvalue weighted by atomic mass is 31.1. The van der Waals surface area contributed by atoms with Gasteiger partial charge in [-0.25, -0.2) is 0 Å². The summed E-state index contributed by atoms with van der Waals surface area (Å²) in [5, 5.41) is 5.39. The van der Waals surface area contributed by atoms with Gasteiger partial charge in [0, 0.05) is 12.3 Å². The van der Waals surface area contributed by atoms with Crippen LogP contribution in [0.15, 0.2) is 30.3 Å². The van der Waals surface area contributed by atoms with E-state index in [4.69, 9.17) is 0 Å². The van der Waals surface area contributed by atoms with Gasteiger partial charge in [-0.1, -0.05) is 51.1 Å². The van der Waals surface area contributed by atoms with Crippen molar-refractivity contribution in [1.82, 2.24) is 5.32 Å². The topological polar surface area (TPSA) is 12.0 Å². The second-order valence-electron chi connectivity index (χ2n) is 4.97. The van der Waals surface area contributed by atoms with Crippen LogP contribution >= 0.6 is 7.92 Å². The lowest BCUT2D eigenvalue weighted by atomic mass is 10.1. The first-order chi connectivity index (χ1) is 7.95. The summed E-state index contributed by atoms with van der Waals surface area (Å²) in [6.07, 6.45) is 7.23. The fourth-order valence-electron chi connectivity index (χ4n) is 3.19. The molecule has 0 radical (unpaired) electrons. The molecule has 0 amide bonds. The minimum absolute atomic E-state index is 0.0742. The number of rotatable bonds is 2. The number of hydrogen-bond acceptors (Lipinski definition) is 1. The van der Waals surface area contributed by atoms with Crippen molar-refractivity contribution in [3.8, 4) is 0 Å². The summed E-state index contributed by atoms with van der Waals surface area (Å²) in [4.78, 5) is 0. The standard InChI is InChI=1S/C14H20NP/c1-2-8-13(9-3-1)16-11-10-15-14(16)12-6-4-5-7-12/h1-3,8-9,12,14-15H,4-7,10-11H2. The van der Waals surface area contributed by atoms with Gasteiger partial charge in [-0.2, -0.15) is 0 Å². The van der Waals surface area contributed by atoms with Crippen molar-refractivity contribution in [2.24, 2.45) is 5.92 Å². The zero-order valence-electron chi connectivity index (χ0n) is 9.73. The van der Waals surface area contributed by atoms with E-state index in [0.717, 1.165) is 11.7 Å². The van der Waals surface area contributed by atoms with E-state index in [1.165, 1.54) is 38.4 Å². The highest BCUT2D eigenvalue weighted by Gasteiger charge is 2.34. The van der Waals surface area contributed by atoms with Crippen molar-refractivity contribution >= 4 is 13.2 Å². The van der Waals surface area contributed by atoms with Crippen molar-refractivity contribution in [2.75, 3.05) is 12.7 Å². The van der Waals surface area contributed by atoms with Crippen molar-refractivity contribution in [1.29, 1.82) is 0 Å². The lowest BCUT2D eigenvalue weighted by molar-refractivity contribution is 0.475. The highest BCUT2D eigenvalue weighted by molar-refractivity contribution is 7.66. The van der Waals surface area contributed by atoms with E-state index in [2.05, 4.69) is 35.6 Å². The van der Waals surface area contributed by atoms with Crippen LogP contribution in [0, 0.1) is 5.92 Å². The maximum Gasteiger partial charge on any atom is 0.0338 e. The molecule has 86 valence electrons. The Hall–Kier alpha value is -0.390. The smallest absolute Gasteiger partial charge is 0.0338 e. The Morgan fingerprint density at radius 3 is 2.56 bits per heavy atom. The van der Waals surface area contributed by atoms with Gasteiger partial charge in [0.25, 0.3) is 0 Å². The van der Waals surface area contributed by atoms with Gasteiger partial charge in [0.05, 0.1) is 0 Å². The number of hydrogen-bond donors (Lipinski definition) is 1. The van der Waals surface area contributed by atoms with Crippen LogP contribution in [0.1, 0.15) is 25.7 Å². The minimum atomic E-state index is 0.0742. The second-order valence-corrected chi connectivity index (χ2v) is 7.43. The summed E-state index contributed by atoms with van der Waals surface area (Å²) in [6.45, 7) is 1.24. The Labute approximate surface area is 99.4 Å². The van der Waals surface area contributed by atoms with Gasteiger partial charge in [-0.15, -0.1) is 0 Å². The van der Waals surface area contributed by atoms with Gasteiger partial charge in [-0.05, 0) is 30.2 Å². The molecule has 0 bridgehead atoms. The zero-order valence-corrected chi connectivity index (χ0v) is 10.6. The van der Waals surface area contributed by atoms with Crippen LogP contribution in [0.2, 0.25) is 0 Å². The van der Waals surface area contributed by atoms with Gasteiger partial charge in [0.2, 0.25) is 0 Å². The largest absolute Gasteiger partial charge is 0.309 e. The van der Waals surface area contributed by atoms with E-state index in [1.54, 1.807) is 5.30 Å². The Bertz CT molecular complexity index is 332. The molecular weight excluding hydrogens is 213 g/mol. The lowest BCUT2D eigenvalue weighted by Crippen LogP contribution is -2.29. The summed E-state index contributed by atoms with van der Waals surface area (Å²) < 4.78 is 0. The zero-order chi connectivity index (χ0) is 10.8. The molecule has 1 aromatic rings. The molecule has 1 N–H and O–H groups in total. The molecule has 1 saturated heterocycles. The third-order valence-electron chi connectivity index (χ3n) is 3.98. The summed E-state index contributed by atoms with van der Waals surface area (Å²) in [6, 6.07) is 11.2. The van der Waals surface area contributed by atoms with Gasteiger partial charge in [-0.3, -0.25) is 0 Å². The van der Waals surface area contributed by atoms with Crippen LogP contribution in [0.3, 0.4) is 0 Å². The van der Waals surface area contributed by atoms with Crippen LogP contribution in [-0.4, -0.2) is 18.5 Å². The van der Waals surface area contributed by atoms with E-state index in [9.17, 15) is 0 Å². The van der Waals surface area contributed by atoms with E-state index in [-0.39, 0.29) is 7.92 Å². The Morgan fingerprint density at radius 1 is 1.06 bits per heavy atom. The predicted molar refractivity (Wildman–Crippen MR) is 71.6 cm³/mol. The summed E-state index contributed by atoms with van der Waals surface area (Å²) in [5.41, 5.74) is 0.